The minimum atomic E-state index is -3.82. The second-order valence-corrected chi connectivity index (χ2v) is 16.3. The third-order valence-corrected chi connectivity index (χ3v) is 14.8. The number of rotatable bonds is 4. The number of fused-ring (bicyclic) bond motifs is 6. The Morgan fingerprint density at radius 1 is 0.208 bits per heavy atom. The fourth-order valence-corrected chi connectivity index (χ4v) is 13.6. The summed E-state index contributed by atoms with van der Waals surface area (Å²) in [7, 11) is -3.82. The van der Waals surface area contributed by atoms with E-state index in [1.165, 1.54) is 22.3 Å². The first kappa shape index (κ1) is 31.0. The first-order valence-electron chi connectivity index (χ1n) is 18.1. The highest BCUT2D eigenvalue weighted by Gasteiger charge is 2.65. The van der Waals surface area contributed by atoms with E-state index in [0.717, 1.165) is 45.5 Å². The summed E-state index contributed by atoms with van der Waals surface area (Å²) in [5.74, 6) is 0. The van der Waals surface area contributed by atoms with Gasteiger partial charge in [-0.05, 0) is 72.8 Å². The maximum absolute atomic E-state index is 3.82. The van der Waals surface area contributed by atoms with Crippen LogP contribution in [0.1, 0.15) is 0 Å². The van der Waals surface area contributed by atoms with Gasteiger partial charge < -0.3 is 18.3 Å². The average molecular weight is 697 g/mol. The minimum Gasteiger partial charge on any atom is -0.315 e. The van der Waals surface area contributed by atoms with Crippen LogP contribution in [0, 0.1) is 0 Å². The standard InChI is InChI=1S/C48H36N4Si/c1-5-21-37(22-6-1)49-45-33-17-13-29-41(45)42-30-14-18-34-46(42)50(38-23-7-2-8-24-38)53(49)51(39-25-9-3-10-26-39)47-35-19-15-31-43(47)44-32-16-20-36-48(44)52(53)40-27-11-4-12-28-40/h1-36H. The summed E-state index contributed by atoms with van der Waals surface area (Å²) >= 11 is 0. The monoisotopic (exact) mass is 696 g/mol. The lowest BCUT2D eigenvalue weighted by Crippen LogP contribution is -2.80. The number of hydrogen-bond donors (Lipinski definition) is 0. The summed E-state index contributed by atoms with van der Waals surface area (Å²) in [6, 6.07) is 79.9. The molecular formula is C48H36N4Si. The van der Waals surface area contributed by atoms with Gasteiger partial charge in [-0.15, -0.1) is 0 Å². The van der Waals surface area contributed by atoms with Crippen LogP contribution in [0.4, 0.5) is 45.5 Å². The summed E-state index contributed by atoms with van der Waals surface area (Å²) in [5, 5.41) is 0. The van der Waals surface area contributed by atoms with Crippen LogP contribution < -0.4 is 18.3 Å². The van der Waals surface area contributed by atoms with Crippen molar-refractivity contribution in [2.24, 2.45) is 0 Å². The van der Waals surface area contributed by atoms with Crippen molar-refractivity contribution in [3.63, 3.8) is 0 Å². The quantitative estimate of drug-likeness (QED) is 0.170. The Morgan fingerprint density at radius 2 is 0.396 bits per heavy atom. The van der Waals surface area contributed by atoms with Crippen molar-refractivity contribution in [1.82, 2.24) is 0 Å². The number of nitrogens with zero attached hydrogens (tertiary/aromatic N) is 4. The van der Waals surface area contributed by atoms with E-state index in [-0.39, 0.29) is 0 Å². The van der Waals surface area contributed by atoms with Crippen LogP contribution in [0.15, 0.2) is 218 Å². The summed E-state index contributed by atoms with van der Waals surface area (Å²) in [5.41, 5.74) is 13.8. The van der Waals surface area contributed by atoms with Crippen LogP contribution in [-0.2, 0) is 0 Å². The zero-order valence-corrected chi connectivity index (χ0v) is 30.1. The van der Waals surface area contributed by atoms with Crippen molar-refractivity contribution in [3.8, 4) is 22.3 Å². The van der Waals surface area contributed by atoms with Crippen LogP contribution in [0.3, 0.4) is 0 Å². The van der Waals surface area contributed by atoms with Crippen LogP contribution >= 0.6 is 0 Å². The fraction of sp³-hybridized carbons (Fsp3) is 0. The molecule has 0 bridgehead atoms. The zero-order chi connectivity index (χ0) is 35.2. The van der Waals surface area contributed by atoms with Gasteiger partial charge in [-0.2, -0.15) is 0 Å². The summed E-state index contributed by atoms with van der Waals surface area (Å²) in [6.45, 7) is 0. The molecule has 0 unspecified atom stereocenters. The predicted octanol–water partition coefficient (Wildman–Crippen LogP) is 12.7. The topological polar surface area (TPSA) is 13.0 Å². The molecule has 0 saturated carbocycles. The first-order chi connectivity index (χ1) is 26.4. The molecule has 10 rings (SSSR count). The largest absolute Gasteiger partial charge is 0.521 e. The molecule has 0 aromatic heterocycles. The molecule has 0 aliphatic carbocycles. The lowest BCUT2D eigenvalue weighted by molar-refractivity contribution is 1.10. The van der Waals surface area contributed by atoms with Crippen molar-refractivity contribution < 1.29 is 0 Å². The molecule has 0 radical (unpaired) electrons. The van der Waals surface area contributed by atoms with Crippen LogP contribution in [0.5, 0.6) is 0 Å². The Kier molecular flexibility index (Phi) is 7.44. The van der Waals surface area contributed by atoms with E-state index in [9.17, 15) is 0 Å². The number of hydrogen-bond acceptors (Lipinski definition) is 4. The molecule has 0 N–H and O–H groups in total. The van der Waals surface area contributed by atoms with Crippen molar-refractivity contribution in [2.75, 3.05) is 18.3 Å². The van der Waals surface area contributed by atoms with Gasteiger partial charge in [-0.1, -0.05) is 146 Å². The van der Waals surface area contributed by atoms with Crippen LogP contribution in [-0.4, -0.2) is 8.72 Å². The highest BCUT2D eigenvalue weighted by atomic mass is 28.4. The molecule has 5 heteroatoms. The van der Waals surface area contributed by atoms with Gasteiger partial charge in [0.2, 0.25) is 0 Å². The first-order valence-corrected chi connectivity index (χ1v) is 19.9. The van der Waals surface area contributed by atoms with E-state index < -0.39 is 8.72 Å². The highest BCUT2D eigenvalue weighted by molar-refractivity contribution is 6.97. The van der Waals surface area contributed by atoms with Gasteiger partial charge in [0.25, 0.3) is 0 Å². The van der Waals surface area contributed by atoms with E-state index >= 15 is 0 Å². The Morgan fingerprint density at radius 3 is 0.623 bits per heavy atom. The van der Waals surface area contributed by atoms with Gasteiger partial charge in [-0.25, -0.2) is 0 Å². The maximum Gasteiger partial charge on any atom is 0.521 e. The number of para-hydroxylation sites is 8. The second-order valence-electron chi connectivity index (χ2n) is 13.4. The van der Waals surface area contributed by atoms with E-state index in [0.29, 0.717) is 0 Å². The average Bonchev–Trinajstić information content (AvgIpc) is 3.41. The third-order valence-electron chi connectivity index (χ3n) is 10.4. The van der Waals surface area contributed by atoms with Gasteiger partial charge in [0, 0.05) is 67.8 Å². The maximum atomic E-state index is 2.70. The SMILES string of the molecule is c1ccc(N2c3ccccc3-c3ccccc3N(c3ccccc3)[Si]23N(c2ccccc2)c2ccccc2-c2ccccc2N3c2ccccc2)cc1. The molecule has 0 fully saturated rings. The summed E-state index contributed by atoms with van der Waals surface area (Å²) in [4.78, 5) is 0. The van der Waals surface area contributed by atoms with E-state index in [2.05, 4.69) is 237 Å². The Bertz CT molecular complexity index is 2180. The summed E-state index contributed by atoms with van der Waals surface area (Å²) in [6.07, 6.45) is 0. The predicted molar refractivity (Wildman–Crippen MR) is 224 cm³/mol. The smallest absolute Gasteiger partial charge is 0.315 e. The Balaban J connectivity index is 1.52. The van der Waals surface area contributed by atoms with Gasteiger partial charge in [0.15, 0.2) is 0 Å². The van der Waals surface area contributed by atoms with Crippen LogP contribution in [0.2, 0.25) is 0 Å². The van der Waals surface area contributed by atoms with Gasteiger partial charge in [-0.3, -0.25) is 0 Å². The zero-order valence-electron chi connectivity index (χ0n) is 29.1. The molecule has 0 atom stereocenters. The van der Waals surface area contributed by atoms with E-state index in [1.807, 2.05) is 0 Å². The molecular weight excluding hydrogens is 661 g/mol. The molecule has 0 saturated heterocycles. The molecule has 252 valence electrons. The molecule has 1 spiro atoms. The lowest BCUT2D eigenvalue weighted by atomic mass is 10.0. The molecule has 53 heavy (non-hydrogen) atoms. The van der Waals surface area contributed by atoms with E-state index in [1.54, 1.807) is 0 Å². The van der Waals surface area contributed by atoms with Crippen molar-refractivity contribution in [1.29, 1.82) is 0 Å². The Hall–Kier alpha value is -6.82. The van der Waals surface area contributed by atoms with Crippen molar-refractivity contribution in [2.45, 2.75) is 0 Å². The van der Waals surface area contributed by atoms with Crippen molar-refractivity contribution >= 4 is 54.2 Å². The second kappa shape index (κ2) is 12.7. The normalized spacial score (nSPS) is 14.0. The molecule has 4 nitrogen and oxygen atoms in total. The van der Waals surface area contributed by atoms with Crippen molar-refractivity contribution in [3.05, 3.63) is 218 Å². The molecule has 2 aliphatic rings. The van der Waals surface area contributed by atoms with E-state index in [4.69, 9.17) is 0 Å². The number of anilines is 8. The molecule has 8 aromatic rings. The molecule has 2 aliphatic heterocycles. The van der Waals surface area contributed by atoms with Gasteiger partial charge >= 0.3 is 8.72 Å². The highest BCUT2D eigenvalue weighted by Crippen LogP contribution is 2.59. The molecule has 0 amide bonds. The summed E-state index contributed by atoms with van der Waals surface area (Å²) < 4.78 is 10.8. The lowest BCUT2D eigenvalue weighted by Gasteiger charge is -2.58. The fourth-order valence-electron chi connectivity index (χ4n) is 8.39. The third kappa shape index (κ3) is 4.75. The van der Waals surface area contributed by atoms with Crippen LogP contribution in [0.25, 0.3) is 22.3 Å². The van der Waals surface area contributed by atoms with Gasteiger partial charge in [0.05, 0.1) is 0 Å². The Labute approximate surface area is 312 Å². The minimum absolute atomic E-state index is 1.11. The van der Waals surface area contributed by atoms with Gasteiger partial charge in [0.1, 0.15) is 0 Å². The number of benzene rings is 8. The molecule has 2 heterocycles. The molecule has 8 aromatic carbocycles.